The van der Waals surface area contributed by atoms with Gasteiger partial charge in [-0.2, -0.15) is 0 Å². The quantitative estimate of drug-likeness (QED) is 0.730. The van der Waals surface area contributed by atoms with Crippen LogP contribution in [0.25, 0.3) is 6.08 Å². The van der Waals surface area contributed by atoms with Gasteiger partial charge in [0.05, 0.1) is 10.7 Å². The smallest absolute Gasteiger partial charge is 0.243 e. The number of ether oxygens (including phenoxy) is 1. The second-order valence-corrected chi connectivity index (χ2v) is 7.09. The number of carbonyl (C=O) groups excluding carboxylic acids is 1. The molecule has 0 aliphatic heterocycles. The van der Waals surface area contributed by atoms with Crippen LogP contribution in [0.5, 0.6) is 5.75 Å². The van der Waals surface area contributed by atoms with Gasteiger partial charge >= 0.3 is 0 Å². The number of nitrogens with zero attached hydrogens (tertiary/aromatic N) is 1. The van der Waals surface area contributed by atoms with E-state index in [-0.39, 0.29) is 5.91 Å². The van der Waals surface area contributed by atoms with Gasteiger partial charge in [-0.1, -0.05) is 26.0 Å². The fourth-order valence-corrected chi connectivity index (χ4v) is 2.65. The number of carbonyl (C=O) groups is 1. The second kappa shape index (κ2) is 9.23. The zero-order valence-corrected chi connectivity index (χ0v) is 15.2. The number of rotatable bonds is 8. The Bertz CT molecular complexity index is 692. The summed E-state index contributed by atoms with van der Waals surface area (Å²) in [4.78, 5) is 16.1. The minimum Gasteiger partial charge on any atom is -0.487 e. The fraction of sp³-hybridized carbons (Fsp3) is 0.368. The highest BCUT2D eigenvalue weighted by Crippen LogP contribution is 2.17. The Kier molecular flexibility index (Phi) is 7.00. The summed E-state index contributed by atoms with van der Waals surface area (Å²) in [6, 6.07) is 7.67. The zero-order chi connectivity index (χ0) is 17.4. The van der Waals surface area contributed by atoms with E-state index in [4.69, 9.17) is 4.74 Å². The molecule has 2 aromatic rings. The number of aryl methyl sites for hydroxylation is 1. The lowest BCUT2D eigenvalue weighted by molar-refractivity contribution is -0.116. The number of amides is 1. The van der Waals surface area contributed by atoms with Crippen molar-refractivity contribution in [1.82, 2.24) is 10.3 Å². The summed E-state index contributed by atoms with van der Waals surface area (Å²) in [6.07, 6.45) is 4.34. The van der Waals surface area contributed by atoms with Crippen LogP contribution in [0, 0.1) is 12.8 Å². The molecule has 1 aromatic heterocycles. The van der Waals surface area contributed by atoms with Crippen molar-refractivity contribution >= 4 is 23.3 Å². The van der Waals surface area contributed by atoms with Crippen molar-refractivity contribution < 1.29 is 9.53 Å². The molecule has 0 atom stereocenters. The van der Waals surface area contributed by atoms with E-state index in [1.54, 1.807) is 23.5 Å². The molecule has 1 N–H and O–H groups in total. The van der Waals surface area contributed by atoms with Crippen molar-refractivity contribution in [3.8, 4) is 5.75 Å². The highest BCUT2D eigenvalue weighted by molar-refractivity contribution is 7.09. The summed E-state index contributed by atoms with van der Waals surface area (Å²) in [5, 5.41) is 5.92. The average Bonchev–Trinajstić information content (AvgIpc) is 2.96. The molecule has 0 saturated carbocycles. The summed E-state index contributed by atoms with van der Waals surface area (Å²) in [5.74, 6) is 1.28. The molecule has 0 saturated heterocycles. The summed E-state index contributed by atoms with van der Waals surface area (Å²) < 4.78 is 5.75. The first-order valence-corrected chi connectivity index (χ1v) is 9.00. The van der Waals surface area contributed by atoms with Crippen LogP contribution in [-0.2, 0) is 11.4 Å². The maximum absolute atomic E-state index is 11.8. The van der Waals surface area contributed by atoms with Gasteiger partial charge in [0.15, 0.2) is 0 Å². The van der Waals surface area contributed by atoms with Gasteiger partial charge in [0.2, 0.25) is 5.91 Å². The Morgan fingerprint density at radius 2 is 2.25 bits per heavy atom. The van der Waals surface area contributed by atoms with Gasteiger partial charge in [-0.15, -0.1) is 11.3 Å². The molecular weight excluding hydrogens is 320 g/mol. The highest BCUT2D eigenvalue weighted by atomic mass is 32.1. The number of hydrogen-bond donors (Lipinski definition) is 1. The van der Waals surface area contributed by atoms with Gasteiger partial charge < -0.3 is 10.1 Å². The summed E-state index contributed by atoms with van der Waals surface area (Å²) in [7, 11) is 0. The lowest BCUT2D eigenvalue weighted by Crippen LogP contribution is -2.23. The van der Waals surface area contributed by atoms with Crippen LogP contribution in [0.1, 0.15) is 36.5 Å². The van der Waals surface area contributed by atoms with Crippen LogP contribution in [0.4, 0.5) is 0 Å². The molecule has 1 amide bonds. The molecule has 128 valence electrons. The third-order valence-electron chi connectivity index (χ3n) is 3.36. The molecule has 1 heterocycles. The Morgan fingerprint density at radius 3 is 2.96 bits per heavy atom. The van der Waals surface area contributed by atoms with Crippen LogP contribution < -0.4 is 10.1 Å². The second-order valence-electron chi connectivity index (χ2n) is 6.03. The molecule has 0 radical (unpaired) electrons. The van der Waals surface area contributed by atoms with E-state index in [9.17, 15) is 4.79 Å². The van der Waals surface area contributed by atoms with E-state index in [2.05, 4.69) is 24.1 Å². The standard InChI is InChI=1S/C19H24N2O2S/c1-14(2)9-10-20-19(22)8-7-16-5-4-6-18(11-16)23-12-17-13-24-15(3)21-17/h4-8,11,13-14H,9-10,12H2,1-3H3,(H,20,22)/b8-7+. The first kappa shape index (κ1) is 18.2. The van der Waals surface area contributed by atoms with Crippen molar-refractivity contribution in [2.24, 2.45) is 5.92 Å². The minimum absolute atomic E-state index is 0.0695. The van der Waals surface area contributed by atoms with Crippen LogP contribution >= 0.6 is 11.3 Å². The maximum Gasteiger partial charge on any atom is 0.243 e. The molecule has 0 fully saturated rings. The third kappa shape index (κ3) is 6.54. The number of benzene rings is 1. The molecule has 0 aliphatic rings. The number of aromatic nitrogens is 1. The van der Waals surface area contributed by atoms with Gasteiger partial charge in [0.25, 0.3) is 0 Å². The Labute approximate surface area is 147 Å². The molecule has 24 heavy (non-hydrogen) atoms. The third-order valence-corrected chi connectivity index (χ3v) is 4.18. The molecule has 0 spiro atoms. The van der Waals surface area contributed by atoms with Gasteiger partial charge in [-0.05, 0) is 43.0 Å². The number of thiazole rings is 1. The zero-order valence-electron chi connectivity index (χ0n) is 14.4. The van der Waals surface area contributed by atoms with Gasteiger partial charge in [-0.25, -0.2) is 4.98 Å². The topological polar surface area (TPSA) is 51.2 Å². The van der Waals surface area contributed by atoms with Gasteiger partial charge in [-0.3, -0.25) is 4.79 Å². The predicted octanol–water partition coefficient (Wildman–Crippen LogP) is 4.21. The van der Waals surface area contributed by atoms with Crippen molar-refractivity contribution in [1.29, 1.82) is 0 Å². The van der Waals surface area contributed by atoms with E-state index in [0.717, 1.165) is 28.4 Å². The lowest BCUT2D eigenvalue weighted by Gasteiger charge is -2.06. The maximum atomic E-state index is 11.8. The van der Waals surface area contributed by atoms with Crippen molar-refractivity contribution in [2.45, 2.75) is 33.8 Å². The molecule has 2 rings (SSSR count). The van der Waals surface area contributed by atoms with Crippen molar-refractivity contribution in [3.63, 3.8) is 0 Å². The van der Waals surface area contributed by atoms with Crippen LogP contribution in [0.3, 0.4) is 0 Å². The van der Waals surface area contributed by atoms with Gasteiger partial charge in [0.1, 0.15) is 12.4 Å². The van der Waals surface area contributed by atoms with E-state index in [1.807, 2.05) is 36.6 Å². The lowest BCUT2D eigenvalue weighted by atomic mass is 10.1. The Hall–Kier alpha value is -2.14. The monoisotopic (exact) mass is 344 g/mol. The number of hydrogen-bond acceptors (Lipinski definition) is 4. The Balaban J connectivity index is 1.85. The van der Waals surface area contributed by atoms with E-state index in [0.29, 0.717) is 19.1 Å². The molecule has 1 aromatic carbocycles. The molecule has 5 heteroatoms. The van der Waals surface area contributed by atoms with Crippen molar-refractivity contribution in [3.05, 3.63) is 52.0 Å². The molecule has 0 unspecified atom stereocenters. The largest absolute Gasteiger partial charge is 0.487 e. The fourth-order valence-electron chi connectivity index (χ4n) is 2.05. The SMILES string of the molecule is Cc1nc(COc2cccc(/C=C/C(=O)NCCC(C)C)c2)cs1. The van der Waals surface area contributed by atoms with E-state index in [1.165, 1.54) is 0 Å². The normalized spacial score (nSPS) is 11.2. The average molecular weight is 344 g/mol. The Morgan fingerprint density at radius 1 is 1.42 bits per heavy atom. The predicted molar refractivity (Wildman–Crippen MR) is 99.1 cm³/mol. The first-order chi connectivity index (χ1) is 11.5. The van der Waals surface area contributed by atoms with E-state index >= 15 is 0 Å². The van der Waals surface area contributed by atoms with Crippen molar-refractivity contribution in [2.75, 3.05) is 6.54 Å². The van der Waals surface area contributed by atoms with Crippen LogP contribution in [0.2, 0.25) is 0 Å². The highest BCUT2D eigenvalue weighted by Gasteiger charge is 2.01. The summed E-state index contributed by atoms with van der Waals surface area (Å²) in [5.41, 5.74) is 1.86. The molecular formula is C19H24N2O2S. The van der Waals surface area contributed by atoms with Crippen LogP contribution in [-0.4, -0.2) is 17.4 Å². The summed E-state index contributed by atoms with van der Waals surface area (Å²) >= 11 is 1.62. The summed E-state index contributed by atoms with van der Waals surface area (Å²) in [6.45, 7) is 7.41. The van der Waals surface area contributed by atoms with Crippen LogP contribution in [0.15, 0.2) is 35.7 Å². The number of nitrogens with one attached hydrogen (secondary N) is 1. The van der Waals surface area contributed by atoms with E-state index < -0.39 is 0 Å². The molecule has 0 bridgehead atoms. The minimum atomic E-state index is -0.0695. The molecule has 0 aliphatic carbocycles. The molecule has 4 nitrogen and oxygen atoms in total. The van der Waals surface area contributed by atoms with Gasteiger partial charge in [0, 0.05) is 18.0 Å². The first-order valence-electron chi connectivity index (χ1n) is 8.12.